The molecule has 0 fully saturated rings. The van der Waals surface area contributed by atoms with Crippen LogP contribution in [0.3, 0.4) is 0 Å². The summed E-state index contributed by atoms with van der Waals surface area (Å²) in [6.07, 6.45) is -0.414. The molecule has 9 heteroatoms. The summed E-state index contributed by atoms with van der Waals surface area (Å²) in [4.78, 5) is 21.5. The number of carboxylic acid groups (broad SMARTS) is 1. The summed E-state index contributed by atoms with van der Waals surface area (Å²) in [5.74, 6) is -0.809. The monoisotopic (exact) mass is 402 g/mol. The standard InChI is InChI=1S/C13H10N2O3.C7H16N2O2/c16-12-7-5-11(6-8-12)15-14-10-3-1-9(2-4-10)13(17)18;1-7(2,3)11-6(10)9-5-4-8/h1-8,16H,(H,17,18);4-5,8H2,1-3H3,(H,9,10). The summed E-state index contributed by atoms with van der Waals surface area (Å²) in [5.41, 5.74) is 6.12. The van der Waals surface area contributed by atoms with Gasteiger partial charge in [-0.25, -0.2) is 9.59 Å². The van der Waals surface area contributed by atoms with E-state index in [0.29, 0.717) is 24.5 Å². The summed E-state index contributed by atoms with van der Waals surface area (Å²) >= 11 is 0. The van der Waals surface area contributed by atoms with Crippen molar-refractivity contribution in [1.82, 2.24) is 5.32 Å². The van der Waals surface area contributed by atoms with Gasteiger partial charge in [-0.1, -0.05) is 0 Å². The molecule has 2 aromatic carbocycles. The Hall–Kier alpha value is -3.46. The third-order valence-electron chi connectivity index (χ3n) is 3.06. The Bertz CT molecular complexity index is 812. The van der Waals surface area contributed by atoms with Crippen LogP contribution in [0, 0.1) is 0 Å². The first-order valence-corrected chi connectivity index (χ1v) is 8.82. The van der Waals surface area contributed by atoms with Crippen molar-refractivity contribution >= 4 is 23.4 Å². The van der Waals surface area contributed by atoms with E-state index in [-0.39, 0.29) is 11.3 Å². The SMILES string of the molecule is CC(C)(C)OC(=O)NCCN.O=C(O)c1ccc(N=Nc2ccc(O)cc2)cc1. The number of nitrogens with zero attached hydrogens (tertiary/aromatic N) is 2. The number of rotatable bonds is 5. The van der Waals surface area contributed by atoms with Gasteiger partial charge in [0, 0.05) is 13.1 Å². The van der Waals surface area contributed by atoms with E-state index in [4.69, 9.17) is 20.7 Å². The number of carboxylic acids is 1. The molecular weight excluding hydrogens is 376 g/mol. The fourth-order valence-electron chi connectivity index (χ4n) is 1.79. The third-order valence-corrected chi connectivity index (χ3v) is 3.06. The molecule has 0 aliphatic carbocycles. The molecular formula is C20H26N4O5. The molecule has 0 aliphatic rings. The molecule has 0 atom stereocenters. The van der Waals surface area contributed by atoms with Crippen LogP contribution in [0.15, 0.2) is 58.8 Å². The van der Waals surface area contributed by atoms with Crippen molar-refractivity contribution in [2.24, 2.45) is 16.0 Å². The summed E-state index contributed by atoms with van der Waals surface area (Å²) in [6.45, 7) is 6.33. The van der Waals surface area contributed by atoms with Gasteiger partial charge in [0.15, 0.2) is 0 Å². The highest BCUT2D eigenvalue weighted by atomic mass is 16.6. The Balaban J connectivity index is 0.000000331. The van der Waals surface area contributed by atoms with Gasteiger partial charge in [0.2, 0.25) is 0 Å². The van der Waals surface area contributed by atoms with E-state index in [0.717, 1.165) is 0 Å². The molecule has 0 saturated carbocycles. The number of hydrogen-bond donors (Lipinski definition) is 4. The van der Waals surface area contributed by atoms with E-state index in [1.54, 1.807) is 24.3 Å². The number of amides is 1. The average Bonchev–Trinajstić information content (AvgIpc) is 2.65. The summed E-state index contributed by atoms with van der Waals surface area (Å²) < 4.78 is 4.93. The molecule has 0 unspecified atom stereocenters. The fourth-order valence-corrected chi connectivity index (χ4v) is 1.79. The molecule has 0 heterocycles. The molecule has 0 aliphatic heterocycles. The smallest absolute Gasteiger partial charge is 0.407 e. The highest BCUT2D eigenvalue weighted by Gasteiger charge is 2.14. The average molecular weight is 402 g/mol. The number of azo groups is 1. The van der Waals surface area contributed by atoms with Gasteiger partial charge < -0.3 is 26.0 Å². The van der Waals surface area contributed by atoms with Crippen LogP contribution in [0.1, 0.15) is 31.1 Å². The van der Waals surface area contributed by atoms with Gasteiger partial charge in [0.25, 0.3) is 0 Å². The van der Waals surface area contributed by atoms with Crippen molar-refractivity contribution in [3.63, 3.8) is 0 Å². The lowest BCUT2D eigenvalue weighted by atomic mass is 10.2. The summed E-state index contributed by atoms with van der Waals surface area (Å²) in [7, 11) is 0. The van der Waals surface area contributed by atoms with Gasteiger partial charge >= 0.3 is 12.1 Å². The number of nitrogens with one attached hydrogen (secondary N) is 1. The summed E-state index contributed by atoms with van der Waals surface area (Å²) in [6, 6.07) is 12.4. The Morgan fingerprint density at radius 2 is 1.48 bits per heavy atom. The van der Waals surface area contributed by atoms with Crippen molar-refractivity contribution < 1.29 is 24.5 Å². The van der Waals surface area contributed by atoms with Crippen LogP contribution in [-0.2, 0) is 4.74 Å². The predicted molar refractivity (Wildman–Crippen MR) is 109 cm³/mol. The topological polar surface area (TPSA) is 147 Å². The second-order valence-electron chi connectivity index (χ2n) is 6.79. The zero-order valence-electron chi connectivity index (χ0n) is 16.6. The van der Waals surface area contributed by atoms with E-state index in [2.05, 4.69) is 15.5 Å². The Morgan fingerprint density at radius 1 is 1.00 bits per heavy atom. The maximum Gasteiger partial charge on any atom is 0.407 e. The van der Waals surface area contributed by atoms with E-state index in [1.807, 2.05) is 20.8 Å². The van der Waals surface area contributed by atoms with Gasteiger partial charge in [-0.3, -0.25) is 0 Å². The van der Waals surface area contributed by atoms with Crippen LogP contribution in [0.25, 0.3) is 0 Å². The van der Waals surface area contributed by atoms with Crippen molar-refractivity contribution in [2.45, 2.75) is 26.4 Å². The first-order chi connectivity index (χ1) is 13.6. The number of aromatic carboxylic acids is 1. The zero-order valence-corrected chi connectivity index (χ0v) is 16.6. The first kappa shape index (κ1) is 23.6. The number of benzene rings is 2. The van der Waals surface area contributed by atoms with Crippen LogP contribution in [0.5, 0.6) is 5.75 Å². The van der Waals surface area contributed by atoms with Crippen LogP contribution >= 0.6 is 0 Å². The van der Waals surface area contributed by atoms with E-state index in [1.165, 1.54) is 24.3 Å². The second-order valence-corrected chi connectivity index (χ2v) is 6.79. The second kappa shape index (κ2) is 11.4. The number of nitrogens with two attached hydrogens (primary N) is 1. The molecule has 2 aromatic rings. The van der Waals surface area contributed by atoms with Gasteiger partial charge in [-0.2, -0.15) is 10.2 Å². The van der Waals surface area contributed by atoms with E-state index in [9.17, 15) is 9.59 Å². The zero-order chi connectivity index (χ0) is 21.9. The number of carbonyl (C=O) groups is 2. The Morgan fingerprint density at radius 3 is 1.90 bits per heavy atom. The number of phenols is 1. The fraction of sp³-hybridized carbons (Fsp3) is 0.300. The number of ether oxygens (including phenoxy) is 1. The molecule has 1 amide bonds. The van der Waals surface area contributed by atoms with Crippen LogP contribution < -0.4 is 11.1 Å². The van der Waals surface area contributed by atoms with Gasteiger partial charge in [0.05, 0.1) is 16.9 Å². The van der Waals surface area contributed by atoms with E-state index >= 15 is 0 Å². The summed E-state index contributed by atoms with van der Waals surface area (Å²) in [5, 5.41) is 28.2. The maximum absolute atomic E-state index is 10.8. The van der Waals surface area contributed by atoms with Crippen molar-refractivity contribution in [3.05, 3.63) is 54.1 Å². The van der Waals surface area contributed by atoms with Crippen LogP contribution in [0.4, 0.5) is 16.2 Å². The molecule has 0 aromatic heterocycles. The van der Waals surface area contributed by atoms with Crippen LogP contribution in [0.2, 0.25) is 0 Å². The quantitative estimate of drug-likeness (QED) is 0.556. The highest BCUT2D eigenvalue weighted by molar-refractivity contribution is 5.87. The maximum atomic E-state index is 10.8. The van der Waals surface area contributed by atoms with Gasteiger partial charge in [-0.05, 0) is 69.3 Å². The molecule has 2 rings (SSSR count). The highest BCUT2D eigenvalue weighted by Crippen LogP contribution is 2.20. The molecule has 0 radical (unpaired) electrons. The third kappa shape index (κ3) is 10.5. The van der Waals surface area contributed by atoms with E-state index < -0.39 is 17.7 Å². The van der Waals surface area contributed by atoms with Crippen molar-refractivity contribution in [2.75, 3.05) is 13.1 Å². The van der Waals surface area contributed by atoms with Crippen molar-refractivity contribution in [3.8, 4) is 5.75 Å². The van der Waals surface area contributed by atoms with Crippen molar-refractivity contribution in [1.29, 1.82) is 0 Å². The number of aromatic hydroxyl groups is 1. The lowest BCUT2D eigenvalue weighted by Gasteiger charge is -2.19. The molecule has 5 N–H and O–H groups in total. The minimum absolute atomic E-state index is 0.166. The number of carbonyl (C=O) groups excluding carboxylic acids is 1. The molecule has 0 bridgehead atoms. The molecule has 29 heavy (non-hydrogen) atoms. The largest absolute Gasteiger partial charge is 0.508 e. The number of hydrogen-bond acceptors (Lipinski definition) is 7. The van der Waals surface area contributed by atoms with Gasteiger partial charge in [0.1, 0.15) is 11.4 Å². The lowest BCUT2D eigenvalue weighted by molar-refractivity contribution is 0.0528. The molecule has 0 saturated heterocycles. The molecule has 0 spiro atoms. The number of phenolic OH excluding ortho intramolecular Hbond substituents is 1. The minimum Gasteiger partial charge on any atom is -0.508 e. The molecule has 156 valence electrons. The Labute approximate surface area is 169 Å². The number of alkyl carbamates (subject to hydrolysis) is 1. The first-order valence-electron chi connectivity index (χ1n) is 8.82. The normalized spacial score (nSPS) is 10.8. The van der Waals surface area contributed by atoms with Crippen LogP contribution in [-0.4, -0.2) is 41.0 Å². The molecule has 9 nitrogen and oxygen atoms in total. The van der Waals surface area contributed by atoms with Gasteiger partial charge in [-0.15, -0.1) is 0 Å². The Kier molecular flexibility index (Phi) is 9.27. The predicted octanol–water partition coefficient (Wildman–Crippen LogP) is 3.98. The minimum atomic E-state index is -0.975. The lowest BCUT2D eigenvalue weighted by Crippen LogP contribution is -2.35.